The summed E-state index contributed by atoms with van der Waals surface area (Å²) < 4.78 is 0. The molecule has 5 rings (SSSR count). The third-order valence-corrected chi connectivity index (χ3v) is 11.8. The highest BCUT2D eigenvalue weighted by Crippen LogP contribution is 2.26. The van der Waals surface area contributed by atoms with Crippen LogP contribution in [-0.4, -0.2) is 86.5 Å². The predicted octanol–water partition coefficient (Wildman–Crippen LogP) is 6.36. The maximum atomic E-state index is 14.0. The van der Waals surface area contributed by atoms with E-state index in [1.54, 1.807) is 36.7 Å². The first-order chi connectivity index (χ1) is 30.6. The van der Waals surface area contributed by atoms with Crippen LogP contribution in [0.3, 0.4) is 0 Å². The van der Waals surface area contributed by atoms with Gasteiger partial charge in [0.15, 0.2) is 0 Å². The summed E-state index contributed by atoms with van der Waals surface area (Å²) in [5.74, 6) is -2.86. The fourth-order valence-electron chi connectivity index (χ4n) is 8.23. The van der Waals surface area contributed by atoms with Gasteiger partial charge in [0.25, 0.3) is 5.91 Å². The van der Waals surface area contributed by atoms with Gasteiger partial charge in [0.05, 0.1) is 17.6 Å². The second kappa shape index (κ2) is 25.8. The van der Waals surface area contributed by atoms with Crippen LogP contribution < -0.4 is 27.0 Å². The molecule has 6 amide bonds. The molecule has 15 heteroatoms. The summed E-state index contributed by atoms with van der Waals surface area (Å²) in [5, 5.41) is 12.3. The van der Waals surface area contributed by atoms with Crippen molar-refractivity contribution in [2.24, 2.45) is 5.73 Å². The van der Waals surface area contributed by atoms with Crippen LogP contribution in [0, 0.1) is 0 Å². The van der Waals surface area contributed by atoms with Crippen molar-refractivity contribution in [3.8, 4) is 0 Å². The molecule has 8 N–H and O–H groups in total. The number of H-pyrrole nitrogens is 2. The number of aromatic amines is 2. The summed E-state index contributed by atoms with van der Waals surface area (Å²) in [6, 6.07) is 11.3. The van der Waals surface area contributed by atoms with Crippen LogP contribution in [0.2, 0.25) is 0 Å². The van der Waals surface area contributed by atoms with Crippen molar-refractivity contribution in [2.45, 2.75) is 147 Å². The number of nitrogens with two attached hydrogens (primary N) is 1. The van der Waals surface area contributed by atoms with E-state index in [1.807, 2.05) is 24.3 Å². The van der Waals surface area contributed by atoms with Crippen LogP contribution in [0.5, 0.6) is 0 Å². The number of carbonyl (C=O) groups excluding carboxylic acids is 6. The normalized spacial score (nSPS) is 14.7. The van der Waals surface area contributed by atoms with E-state index < -0.39 is 48.3 Å². The topological polar surface area (TPSA) is 224 Å². The Morgan fingerprint density at radius 1 is 0.762 bits per heavy atom. The Kier molecular flexibility index (Phi) is 19.7. The van der Waals surface area contributed by atoms with Gasteiger partial charge in [0.1, 0.15) is 24.7 Å². The van der Waals surface area contributed by atoms with Gasteiger partial charge in [-0.25, -0.2) is 4.98 Å². The number of fused-ring (bicyclic) bond motifs is 2. The average Bonchev–Trinajstić information content (AvgIpc) is 3.93. The third kappa shape index (κ3) is 15.4. The van der Waals surface area contributed by atoms with Gasteiger partial charge in [0, 0.05) is 54.8 Å². The van der Waals surface area contributed by atoms with Gasteiger partial charge in [-0.15, -0.1) is 0 Å². The molecule has 0 bridgehead atoms. The molecule has 63 heavy (non-hydrogen) atoms. The van der Waals surface area contributed by atoms with E-state index in [4.69, 9.17) is 5.73 Å². The number of anilines is 1. The van der Waals surface area contributed by atoms with E-state index in [0.717, 1.165) is 35.7 Å². The van der Waals surface area contributed by atoms with Crippen molar-refractivity contribution in [1.82, 2.24) is 35.8 Å². The van der Waals surface area contributed by atoms with Crippen molar-refractivity contribution in [3.63, 3.8) is 0 Å². The lowest BCUT2D eigenvalue weighted by Crippen LogP contribution is -2.53. The van der Waals surface area contributed by atoms with Gasteiger partial charge in [-0.2, -0.15) is 0 Å². The number of benzene rings is 2. The first-order valence-corrected chi connectivity index (χ1v) is 23.0. The molecule has 2 aromatic carbocycles. The number of para-hydroxylation sites is 2. The molecule has 0 fully saturated rings. The number of hydrogen-bond acceptors (Lipinski definition) is 7. The summed E-state index contributed by atoms with van der Waals surface area (Å²) in [7, 11) is 0. The number of imidazole rings is 1. The first-order valence-electron chi connectivity index (χ1n) is 23.0. The van der Waals surface area contributed by atoms with Crippen LogP contribution >= 0.6 is 0 Å². The molecule has 1 unspecified atom stereocenters. The maximum Gasteiger partial charge on any atom is 0.257 e. The minimum atomic E-state index is -1.07. The molecule has 2 aromatic heterocycles. The van der Waals surface area contributed by atoms with Gasteiger partial charge < -0.3 is 41.9 Å². The average molecular weight is 866 g/mol. The number of amides is 6. The van der Waals surface area contributed by atoms with Gasteiger partial charge in [-0.05, 0) is 49.4 Å². The summed E-state index contributed by atoms with van der Waals surface area (Å²) >= 11 is 0. The first kappa shape index (κ1) is 48.0. The Bertz CT molecular complexity index is 2080. The molecular weight excluding hydrogens is 799 g/mol. The maximum absolute atomic E-state index is 14.0. The van der Waals surface area contributed by atoms with Crippen molar-refractivity contribution in [2.75, 3.05) is 18.4 Å². The largest absolute Gasteiger partial charge is 0.368 e. The SMILES string of the molecule is CCCCCCCCCCCCCCCC(=O)N[C@@H](Cc1cnc[nH]1)C(=O)NCCCCC1C(=O)Nc2ccccc2C(=O)N1CC(=O)N[C@@H](Cc1c[nH]c2ccccc12)C(N)=O. The molecule has 0 aliphatic carbocycles. The van der Waals surface area contributed by atoms with Crippen molar-refractivity contribution in [3.05, 3.63) is 84.1 Å². The summed E-state index contributed by atoms with van der Waals surface area (Å²) in [6.45, 7) is 2.01. The minimum Gasteiger partial charge on any atom is -0.368 e. The highest BCUT2D eigenvalue weighted by molar-refractivity contribution is 6.10. The quantitative estimate of drug-likeness (QED) is 0.0306. The number of rotatable bonds is 29. The number of primary amides is 1. The predicted molar refractivity (Wildman–Crippen MR) is 244 cm³/mol. The van der Waals surface area contributed by atoms with E-state index in [1.165, 1.54) is 75.4 Å². The number of aromatic nitrogens is 3. The lowest BCUT2D eigenvalue weighted by atomic mass is 10.0. The Labute approximate surface area is 370 Å². The van der Waals surface area contributed by atoms with Gasteiger partial charge in [-0.3, -0.25) is 28.8 Å². The van der Waals surface area contributed by atoms with Crippen molar-refractivity contribution in [1.29, 1.82) is 0 Å². The number of unbranched alkanes of at least 4 members (excludes halogenated alkanes) is 13. The number of nitrogens with zero attached hydrogens (tertiary/aromatic N) is 2. The zero-order valence-electron chi connectivity index (χ0n) is 36.9. The number of hydrogen-bond donors (Lipinski definition) is 7. The Morgan fingerprint density at radius 3 is 2.13 bits per heavy atom. The van der Waals surface area contributed by atoms with Crippen LogP contribution in [0.25, 0.3) is 10.9 Å². The van der Waals surface area contributed by atoms with Gasteiger partial charge >= 0.3 is 0 Å². The van der Waals surface area contributed by atoms with Gasteiger partial charge in [0.2, 0.25) is 29.5 Å². The lowest BCUT2D eigenvalue weighted by molar-refractivity contribution is -0.129. The zero-order valence-corrected chi connectivity index (χ0v) is 36.9. The molecule has 4 aromatic rings. The molecule has 0 spiro atoms. The Hall–Kier alpha value is -5.99. The van der Waals surface area contributed by atoms with Crippen LogP contribution in [0.1, 0.15) is 138 Å². The molecule has 15 nitrogen and oxygen atoms in total. The van der Waals surface area contributed by atoms with Crippen LogP contribution in [0.4, 0.5) is 5.69 Å². The second-order valence-electron chi connectivity index (χ2n) is 16.8. The molecule has 3 heterocycles. The summed E-state index contributed by atoms with van der Waals surface area (Å²) in [6.07, 6.45) is 22.5. The minimum absolute atomic E-state index is 0.128. The number of nitrogens with one attached hydrogen (secondary N) is 6. The van der Waals surface area contributed by atoms with E-state index in [-0.39, 0.29) is 43.2 Å². The van der Waals surface area contributed by atoms with E-state index in [2.05, 4.69) is 43.1 Å². The van der Waals surface area contributed by atoms with E-state index in [9.17, 15) is 28.8 Å². The molecule has 1 aliphatic heterocycles. The standard InChI is InChI=1S/C48H67N9O6/c1-2-3-4-5-6-7-8-9-10-11-12-13-14-26-43(58)55-41(29-35-31-50-33-53-35)46(61)51-27-20-19-25-42-47(62)56-39-24-18-16-22-37(39)48(63)57(42)32-44(59)54-40(45(49)60)28-34-30-52-38-23-17-15-21-36(34)38/h15-18,21-24,30-31,33,40-42,52H,2-14,19-20,25-29,32H2,1H3,(H2,49,60)(H,50,53)(H,51,61)(H,54,59)(H,55,58)(H,56,62)/t40-,41-,42?/m0/s1. The molecule has 1 aliphatic rings. The molecule has 3 atom stereocenters. The van der Waals surface area contributed by atoms with Crippen molar-refractivity contribution >= 4 is 52.0 Å². The van der Waals surface area contributed by atoms with Crippen LogP contribution in [-0.2, 0) is 36.8 Å². The monoisotopic (exact) mass is 866 g/mol. The highest BCUT2D eigenvalue weighted by Gasteiger charge is 2.36. The summed E-state index contributed by atoms with van der Waals surface area (Å²) in [4.78, 5) is 91.6. The molecule has 340 valence electrons. The molecule has 0 saturated heterocycles. The van der Waals surface area contributed by atoms with Crippen LogP contribution in [0.15, 0.2) is 67.3 Å². The Balaban J connectivity index is 1.09. The molecule has 0 saturated carbocycles. The van der Waals surface area contributed by atoms with E-state index >= 15 is 0 Å². The number of carbonyl (C=O) groups is 6. The Morgan fingerprint density at radius 2 is 1.43 bits per heavy atom. The summed E-state index contributed by atoms with van der Waals surface area (Å²) in [5.41, 5.74) is 8.68. The van der Waals surface area contributed by atoms with Crippen molar-refractivity contribution < 1.29 is 28.8 Å². The fourth-order valence-corrected chi connectivity index (χ4v) is 8.23. The molecule has 0 radical (unpaired) electrons. The highest BCUT2D eigenvalue weighted by atomic mass is 16.2. The smallest absolute Gasteiger partial charge is 0.257 e. The fraction of sp³-hybridized carbons (Fsp3) is 0.521. The van der Waals surface area contributed by atoms with E-state index in [0.29, 0.717) is 30.6 Å². The van der Waals surface area contributed by atoms with Gasteiger partial charge in [-0.1, -0.05) is 114 Å². The lowest BCUT2D eigenvalue weighted by Gasteiger charge is -2.29. The second-order valence-corrected chi connectivity index (χ2v) is 16.8. The molecular formula is C48H67N9O6. The third-order valence-electron chi connectivity index (χ3n) is 11.8. The zero-order chi connectivity index (χ0) is 44.8.